The van der Waals surface area contributed by atoms with E-state index in [4.69, 9.17) is 0 Å². The number of nitrogens with zero attached hydrogens (tertiary/aromatic N) is 2. The zero-order valence-electron chi connectivity index (χ0n) is 6.71. The Kier molecular flexibility index (Phi) is 1.66. The molecule has 1 atom stereocenters. The minimum atomic E-state index is 0.902. The van der Waals surface area contributed by atoms with Gasteiger partial charge in [-0.3, -0.25) is 4.90 Å². The summed E-state index contributed by atoms with van der Waals surface area (Å²) >= 11 is 0. The van der Waals surface area contributed by atoms with Gasteiger partial charge in [-0.2, -0.15) is 0 Å². The number of hydrogen-bond acceptors (Lipinski definition) is 2. The average molecular weight is 140 g/mol. The van der Waals surface area contributed by atoms with Crippen molar-refractivity contribution in [2.24, 2.45) is 0 Å². The summed E-state index contributed by atoms with van der Waals surface area (Å²) < 4.78 is 0. The van der Waals surface area contributed by atoms with Crippen LogP contribution in [0.5, 0.6) is 0 Å². The molecule has 2 heteroatoms. The summed E-state index contributed by atoms with van der Waals surface area (Å²) in [5.41, 5.74) is 0. The molecule has 2 saturated heterocycles. The average Bonchev–Trinajstić information content (AvgIpc) is 2.10. The molecule has 2 rings (SSSR count). The molecular formula is C8H16N2. The van der Waals surface area contributed by atoms with Gasteiger partial charge in [0.15, 0.2) is 0 Å². The molecule has 0 aliphatic carbocycles. The molecule has 0 saturated carbocycles. The van der Waals surface area contributed by atoms with Crippen LogP contribution >= 0.6 is 0 Å². The molecule has 0 amide bonds. The third kappa shape index (κ3) is 1.06. The van der Waals surface area contributed by atoms with Gasteiger partial charge in [-0.1, -0.05) is 0 Å². The lowest BCUT2D eigenvalue weighted by atomic mass is 10.1. The van der Waals surface area contributed by atoms with Gasteiger partial charge in [-0.05, 0) is 39.5 Å². The molecule has 58 valence electrons. The number of likely N-dealkylation sites (tertiary alicyclic amines) is 2. The fourth-order valence-corrected chi connectivity index (χ4v) is 1.92. The first-order chi connectivity index (χ1) is 4.86. The zero-order valence-corrected chi connectivity index (χ0v) is 6.71. The van der Waals surface area contributed by atoms with Crippen LogP contribution in [-0.2, 0) is 0 Å². The minimum absolute atomic E-state index is 0.902. The van der Waals surface area contributed by atoms with Crippen LogP contribution in [0.2, 0.25) is 0 Å². The van der Waals surface area contributed by atoms with Crippen LogP contribution in [-0.4, -0.2) is 49.1 Å². The van der Waals surface area contributed by atoms with Gasteiger partial charge in [0.25, 0.3) is 0 Å². The van der Waals surface area contributed by atoms with Crippen molar-refractivity contribution in [3.8, 4) is 0 Å². The highest BCUT2D eigenvalue weighted by atomic mass is 15.3. The first-order valence-electron chi connectivity index (χ1n) is 4.29. The van der Waals surface area contributed by atoms with Crippen molar-refractivity contribution in [3.05, 3.63) is 0 Å². The van der Waals surface area contributed by atoms with Gasteiger partial charge in [0.1, 0.15) is 0 Å². The van der Waals surface area contributed by atoms with Crippen LogP contribution in [0.4, 0.5) is 0 Å². The Morgan fingerprint density at radius 1 is 1.20 bits per heavy atom. The summed E-state index contributed by atoms with van der Waals surface area (Å²) in [6.07, 6.45) is 2.83. The van der Waals surface area contributed by atoms with Crippen LogP contribution < -0.4 is 0 Å². The molecule has 2 heterocycles. The van der Waals surface area contributed by atoms with Gasteiger partial charge in [-0.15, -0.1) is 0 Å². The molecule has 10 heavy (non-hydrogen) atoms. The van der Waals surface area contributed by atoms with Gasteiger partial charge in [0, 0.05) is 12.6 Å². The lowest BCUT2D eigenvalue weighted by Crippen LogP contribution is -2.46. The molecule has 2 fully saturated rings. The van der Waals surface area contributed by atoms with Crippen molar-refractivity contribution < 1.29 is 0 Å². The first-order valence-corrected chi connectivity index (χ1v) is 4.29. The van der Waals surface area contributed by atoms with E-state index in [1.807, 2.05) is 0 Å². The predicted octanol–water partition coefficient (Wildman–Crippen LogP) is 0.396. The Morgan fingerprint density at radius 2 is 2.00 bits per heavy atom. The molecule has 0 bridgehead atoms. The Bertz CT molecular complexity index is 120. The molecule has 0 radical (unpaired) electrons. The van der Waals surface area contributed by atoms with Crippen molar-refractivity contribution >= 4 is 0 Å². The first kappa shape index (κ1) is 6.62. The predicted molar refractivity (Wildman–Crippen MR) is 42.1 cm³/mol. The summed E-state index contributed by atoms with van der Waals surface area (Å²) in [5, 5.41) is 0. The minimum Gasteiger partial charge on any atom is -0.305 e. The largest absolute Gasteiger partial charge is 0.305 e. The molecule has 0 aromatic rings. The highest BCUT2D eigenvalue weighted by Crippen LogP contribution is 2.18. The lowest BCUT2D eigenvalue weighted by Gasteiger charge is -2.36. The lowest BCUT2D eigenvalue weighted by molar-refractivity contribution is 0.122. The Hall–Kier alpha value is -0.0800. The van der Waals surface area contributed by atoms with Gasteiger partial charge in [0.2, 0.25) is 0 Å². The maximum Gasteiger partial charge on any atom is 0.0235 e. The smallest absolute Gasteiger partial charge is 0.0235 e. The molecule has 2 aliphatic rings. The highest BCUT2D eigenvalue weighted by molar-refractivity contribution is 4.85. The second kappa shape index (κ2) is 2.51. The SMILES string of the molecule is CN1CCC(N2CCC2)C1. The van der Waals surface area contributed by atoms with Gasteiger partial charge in [-0.25, -0.2) is 0 Å². The van der Waals surface area contributed by atoms with Crippen LogP contribution in [0.1, 0.15) is 12.8 Å². The van der Waals surface area contributed by atoms with E-state index in [-0.39, 0.29) is 0 Å². The van der Waals surface area contributed by atoms with Crippen molar-refractivity contribution in [3.63, 3.8) is 0 Å². The van der Waals surface area contributed by atoms with E-state index in [1.54, 1.807) is 0 Å². The molecule has 0 aromatic heterocycles. The number of rotatable bonds is 1. The summed E-state index contributed by atoms with van der Waals surface area (Å²) in [7, 11) is 2.22. The second-order valence-corrected chi connectivity index (χ2v) is 3.59. The summed E-state index contributed by atoms with van der Waals surface area (Å²) in [4.78, 5) is 5.05. The van der Waals surface area contributed by atoms with Crippen molar-refractivity contribution in [1.29, 1.82) is 0 Å². The third-order valence-electron chi connectivity index (χ3n) is 2.77. The Balaban J connectivity index is 1.82. The van der Waals surface area contributed by atoms with E-state index < -0.39 is 0 Å². The van der Waals surface area contributed by atoms with E-state index in [2.05, 4.69) is 16.8 Å². The van der Waals surface area contributed by atoms with Crippen LogP contribution in [0, 0.1) is 0 Å². The maximum atomic E-state index is 2.61. The zero-order chi connectivity index (χ0) is 6.97. The third-order valence-corrected chi connectivity index (χ3v) is 2.77. The van der Waals surface area contributed by atoms with E-state index in [0.717, 1.165) is 6.04 Å². The second-order valence-electron chi connectivity index (χ2n) is 3.59. The van der Waals surface area contributed by atoms with Gasteiger partial charge >= 0.3 is 0 Å². The fraction of sp³-hybridized carbons (Fsp3) is 1.00. The normalized spacial score (nSPS) is 36.3. The van der Waals surface area contributed by atoms with Gasteiger partial charge < -0.3 is 4.90 Å². The van der Waals surface area contributed by atoms with E-state index in [9.17, 15) is 0 Å². The Labute approximate surface area is 62.8 Å². The summed E-state index contributed by atoms with van der Waals surface area (Å²) in [6, 6.07) is 0.902. The van der Waals surface area contributed by atoms with E-state index >= 15 is 0 Å². The molecule has 0 N–H and O–H groups in total. The molecule has 2 nitrogen and oxygen atoms in total. The summed E-state index contributed by atoms with van der Waals surface area (Å²) in [5.74, 6) is 0. The van der Waals surface area contributed by atoms with E-state index in [1.165, 1.54) is 39.0 Å². The topological polar surface area (TPSA) is 6.48 Å². The monoisotopic (exact) mass is 140 g/mol. The molecule has 0 spiro atoms. The standard InChI is InChI=1S/C8H16N2/c1-9-6-3-8(7-9)10-4-2-5-10/h8H,2-7H2,1H3. The van der Waals surface area contributed by atoms with Crippen LogP contribution in [0.15, 0.2) is 0 Å². The number of hydrogen-bond donors (Lipinski definition) is 0. The van der Waals surface area contributed by atoms with Crippen LogP contribution in [0.3, 0.4) is 0 Å². The van der Waals surface area contributed by atoms with Crippen molar-refractivity contribution in [1.82, 2.24) is 9.80 Å². The molecule has 1 unspecified atom stereocenters. The quantitative estimate of drug-likeness (QED) is 0.520. The highest BCUT2D eigenvalue weighted by Gasteiger charge is 2.28. The van der Waals surface area contributed by atoms with Crippen LogP contribution in [0.25, 0.3) is 0 Å². The fourth-order valence-electron chi connectivity index (χ4n) is 1.92. The van der Waals surface area contributed by atoms with Crippen molar-refractivity contribution in [2.75, 3.05) is 33.2 Å². The Morgan fingerprint density at radius 3 is 2.40 bits per heavy atom. The van der Waals surface area contributed by atoms with Crippen molar-refractivity contribution in [2.45, 2.75) is 18.9 Å². The molecule has 2 aliphatic heterocycles. The molecular weight excluding hydrogens is 124 g/mol. The molecule has 0 aromatic carbocycles. The maximum absolute atomic E-state index is 2.61. The van der Waals surface area contributed by atoms with E-state index in [0.29, 0.717) is 0 Å². The number of likely N-dealkylation sites (N-methyl/N-ethyl adjacent to an activating group) is 1. The summed E-state index contributed by atoms with van der Waals surface area (Å²) in [6.45, 7) is 5.33. The van der Waals surface area contributed by atoms with Gasteiger partial charge in [0.05, 0.1) is 0 Å².